The van der Waals surface area contributed by atoms with E-state index in [4.69, 9.17) is 5.73 Å². The average Bonchev–Trinajstić information content (AvgIpc) is 2.45. The Bertz CT molecular complexity index is 436. The summed E-state index contributed by atoms with van der Waals surface area (Å²) in [6.45, 7) is 7.39. The molecular weight excluding hydrogens is 248 g/mol. The summed E-state index contributed by atoms with van der Waals surface area (Å²) >= 11 is 0. The molecule has 1 heterocycles. The molecule has 20 heavy (non-hydrogen) atoms. The maximum absolute atomic E-state index is 5.94. The van der Waals surface area contributed by atoms with E-state index in [1.807, 2.05) is 6.92 Å². The molecule has 1 aromatic heterocycles. The highest BCUT2D eigenvalue weighted by molar-refractivity contribution is 5.54. The van der Waals surface area contributed by atoms with Crippen molar-refractivity contribution in [1.82, 2.24) is 9.97 Å². The second kappa shape index (κ2) is 6.91. The zero-order valence-electron chi connectivity index (χ0n) is 13.1. The third kappa shape index (κ3) is 3.84. The lowest BCUT2D eigenvalue weighted by Crippen LogP contribution is -2.17. The van der Waals surface area contributed by atoms with Gasteiger partial charge in [0.25, 0.3) is 0 Å². The van der Waals surface area contributed by atoms with Crippen LogP contribution in [-0.4, -0.2) is 16.5 Å². The molecule has 0 atom stereocenters. The summed E-state index contributed by atoms with van der Waals surface area (Å²) in [4.78, 5) is 8.83. The average molecular weight is 276 g/mol. The van der Waals surface area contributed by atoms with E-state index >= 15 is 0 Å². The van der Waals surface area contributed by atoms with Gasteiger partial charge in [0, 0.05) is 18.5 Å². The van der Waals surface area contributed by atoms with Gasteiger partial charge in [-0.25, -0.2) is 9.97 Å². The van der Waals surface area contributed by atoms with Gasteiger partial charge < -0.3 is 11.1 Å². The van der Waals surface area contributed by atoms with Gasteiger partial charge in [0.2, 0.25) is 0 Å². The summed E-state index contributed by atoms with van der Waals surface area (Å²) in [5.41, 5.74) is 6.91. The van der Waals surface area contributed by atoms with Crippen LogP contribution in [0.3, 0.4) is 0 Å². The Morgan fingerprint density at radius 2 is 1.90 bits per heavy atom. The molecular formula is C16H28N4. The van der Waals surface area contributed by atoms with Crippen LogP contribution in [-0.2, 0) is 6.42 Å². The molecule has 4 nitrogen and oxygen atoms in total. The Hall–Kier alpha value is -1.32. The van der Waals surface area contributed by atoms with Crippen molar-refractivity contribution in [2.24, 2.45) is 11.8 Å². The number of nitrogens with one attached hydrogen (secondary N) is 1. The predicted molar refractivity (Wildman–Crippen MR) is 84.8 cm³/mol. The predicted octanol–water partition coefficient (Wildman–Crippen LogP) is 3.56. The number of nitrogens with zero attached hydrogens (tertiary/aromatic N) is 2. The van der Waals surface area contributed by atoms with Crippen LogP contribution in [0.25, 0.3) is 0 Å². The lowest BCUT2D eigenvalue weighted by atomic mass is 9.81. The summed E-state index contributed by atoms with van der Waals surface area (Å²) in [6.07, 6.45) is 7.60. The van der Waals surface area contributed by atoms with E-state index in [9.17, 15) is 0 Å². The Morgan fingerprint density at radius 3 is 2.55 bits per heavy atom. The largest absolute Gasteiger partial charge is 0.383 e. The van der Waals surface area contributed by atoms with Crippen molar-refractivity contribution in [2.75, 3.05) is 17.6 Å². The summed E-state index contributed by atoms with van der Waals surface area (Å²) in [7, 11) is 0. The third-order valence-corrected chi connectivity index (χ3v) is 4.53. The molecule has 0 aliphatic heterocycles. The molecule has 0 amide bonds. The number of rotatable bonds is 5. The minimum absolute atomic E-state index is 0.603. The minimum Gasteiger partial charge on any atom is -0.383 e. The summed E-state index contributed by atoms with van der Waals surface area (Å²) in [5.74, 6) is 4.14. The monoisotopic (exact) mass is 276 g/mol. The second-order valence-electron chi connectivity index (χ2n) is 6.19. The summed E-state index contributed by atoms with van der Waals surface area (Å²) in [6, 6.07) is 0. The fourth-order valence-electron chi connectivity index (χ4n) is 2.92. The first-order valence-corrected chi connectivity index (χ1v) is 7.97. The fraction of sp³-hybridized carbons (Fsp3) is 0.750. The highest BCUT2D eigenvalue weighted by Gasteiger charge is 2.18. The van der Waals surface area contributed by atoms with Gasteiger partial charge in [-0.2, -0.15) is 0 Å². The number of anilines is 2. The van der Waals surface area contributed by atoms with E-state index in [0.717, 1.165) is 42.0 Å². The van der Waals surface area contributed by atoms with Gasteiger partial charge in [-0.15, -0.1) is 0 Å². The van der Waals surface area contributed by atoms with Crippen LogP contribution >= 0.6 is 0 Å². The fourth-order valence-corrected chi connectivity index (χ4v) is 2.92. The zero-order valence-corrected chi connectivity index (χ0v) is 13.1. The van der Waals surface area contributed by atoms with Crippen LogP contribution in [0.4, 0.5) is 11.6 Å². The van der Waals surface area contributed by atoms with Crippen molar-refractivity contribution in [1.29, 1.82) is 0 Å². The van der Waals surface area contributed by atoms with E-state index in [-0.39, 0.29) is 0 Å². The van der Waals surface area contributed by atoms with E-state index in [1.54, 1.807) is 0 Å². The molecule has 1 fully saturated rings. The van der Waals surface area contributed by atoms with Gasteiger partial charge in [-0.05, 0) is 25.2 Å². The first kappa shape index (κ1) is 15.1. The number of aryl methyl sites for hydroxylation is 1. The van der Waals surface area contributed by atoms with Gasteiger partial charge >= 0.3 is 0 Å². The zero-order chi connectivity index (χ0) is 14.5. The van der Waals surface area contributed by atoms with Crippen LogP contribution in [0.5, 0.6) is 0 Å². The van der Waals surface area contributed by atoms with Crippen molar-refractivity contribution in [3.8, 4) is 0 Å². The van der Waals surface area contributed by atoms with Crippen molar-refractivity contribution < 1.29 is 0 Å². The highest BCUT2D eigenvalue weighted by Crippen LogP contribution is 2.30. The Morgan fingerprint density at radius 1 is 1.20 bits per heavy atom. The number of aromatic nitrogens is 2. The lowest BCUT2D eigenvalue weighted by molar-refractivity contribution is 0.282. The van der Waals surface area contributed by atoms with Gasteiger partial charge in [-0.1, -0.05) is 39.5 Å². The number of nitrogen functional groups attached to an aromatic ring is 1. The molecule has 0 aromatic carbocycles. The van der Waals surface area contributed by atoms with Gasteiger partial charge in [0.15, 0.2) is 0 Å². The van der Waals surface area contributed by atoms with Crippen LogP contribution in [0.15, 0.2) is 0 Å². The molecule has 3 N–H and O–H groups in total. The molecule has 0 radical (unpaired) electrons. The molecule has 1 aliphatic rings. The Balaban J connectivity index is 1.86. The van der Waals surface area contributed by atoms with Crippen molar-refractivity contribution in [3.05, 3.63) is 11.4 Å². The number of nitrogens with two attached hydrogens (primary N) is 1. The minimum atomic E-state index is 0.603. The van der Waals surface area contributed by atoms with Crippen LogP contribution in [0.2, 0.25) is 0 Å². The normalized spacial score (nSPS) is 22.8. The van der Waals surface area contributed by atoms with Gasteiger partial charge in [-0.3, -0.25) is 0 Å². The lowest BCUT2D eigenvalue weighted by Gasteiger charge is -2.26. The van der Waals surface area contributed by atoms with Gasteiger partial charge in [0.05, 0.1) is 0 Å². The van der Waals surface area contributed by atoms with Crippen LogP contribution in [0.1, 0.15) is 57.3 Å². The first-order valence-electron chi connectivity index (χ1n) is 7.97. The van der Waals surface area contributed by atoms with E-state index in [2.05, 4.69) is 29.1 Å². The molecule has 1 aromatic rings. The molecule has 1 aliphatic carbocycles. The molecule has 0 saturated heterocycles. The topological polar surface area (TPSA) is 63.8 Å². The first-order chi connectivity index (χ1) is 9.60. The van der Waals surface area contributed by atoms with E-state index in [0.29, 0.717) is 5.82 Å². The maximum Gasteiger partial charge on any atom is 0.134 e. The quantitative estimate of drug-likeness (QED) is 0.863. The molecule has 1 saturated carbocycles. The van der Waals surface area contributed by atoms with Crippen LogP contribution in [0, 0.1) is 18.8 Å². The molecule has 112 valence electrons. The standard InChI is InChI=1S/C16H28N4/c1-4-14-19-15(17)12(3)16(20-14)18-10-9-13-7-5-11(2)6-8-13/h11,13H,4-10H2,1-3H3,(H3,17,18,19,20). The highest BCUT2D eigenvalue weighted by atomic mass is 15.1. The molecule has 0 bridgehead atoms. The van der Waals surface area contributed by atoms with Crippen molar-refractivity contribution in [2.45, 2.75) is 59.3 Å². The number of hydrogen-bond donors (Lipinski definition) is 2. The van der Waals surface area contributed by atoms with E-state index < -0.39 is 0 Å². The Labute approximate surface area is 122 Å². The summed E-state index contributed by atoms with van der Waals surface area (Å²) < 4.78 is 0. The third-order valence-electron chi connectivity index (χ3n) is 4.53. The van der Waals surface area contributed by atoms with Crippen molar-refractivity contribution >= 4 is 11.6 Å². The van der Waals surface area contributed by atoms with Crippen molar-refractivity contribution in [3.63, 3.8) is 0 Å². The Kier molecular flexibility index (Phi) is 5.21. The molecule has 4 heteroatoms. The molecule has 0 unspecified atom stereocenters. The van der Waals surface area contributed by atoms with Gasteiger partial charge in [0.1, 0.15) is 17.5 Å². The maximum atomic E-state index is 5.94. The smallest absolute Gasteiger partial charge is 0.134 e. The number of hydrogen-bond acceptors (Lipinski definition) is 4. The molecule has 2 rings (SSSR count). The molecule has 0 spiro atoms. The SMILES string of the molecule is CCc1nc(N)c(C)c(NCCC2CCC(C)CC2)n1. The summed E-state index contributed by atoms with van der Waals surface area (Å²) in [5, 5.41) is 3.46. The van der Waals surface area contributed by atoms with Crippen LogP contribution < -0.4 is 11.1 Å². The second-order valence-corrected chi connectivity index (χ2v) is 6.19. The van der Waals surface area contributed by atoms with E-state index in [1.165, 1.54) is 32.1 Å².